The van der Waals surface area contributed by atoms with Gasteiger partial charge in [-0.25, -0.2) is 30.6 Å². The summed E-state index contributed by atoms with van der Waals surface area (Å²) in [6, 6.07) is 2.81. The van der Waals surface area contributed by atoms with Gasteiger partial charge in [0, 0.05) is 39.4 Å². The number of nitrogens with zero attached hydrogens (tertiary/aromatic N) is 4. The Morgan fingerprint density at radius 2 is 1.48 bits per heavy atom. The maximum atomic E-state index is 13.9. The molecule has 2 heterocycles. The third-order valence-electron chi connectivity index (χ3n) is 4.22. The first kappa shape index (κ1) is 19.9. The lowest BCUT2D eigenvalue weighted by atomic mass is 10.3. The molecule has 0 spiro atoms. The highest BCUT2D eigenvalue weighted by atomic mass is 32.2. The summed E-state index contributed by atoms with van der Waals surface area (Å²) in [4.78, 5) is 2.81. The summed E-state index contributed by atoms with van der Waals surface area (Å²) in [6.07, 6.45) is 2.88. The first-order chi connectivity index (χ1) is 12.6. The molecule has 0 radical (unpaired) electrons. The van der Waals surface area contributed by atoms with Gasteiger partial charge in [-0.15, -0.1) is 0 Å². The zero-order valence-electron chi connectivity index (χ0n) is 14.4. The van der Waals surface area contributed by atoms with Crippen molar-refractivity contribution in [2.45, 2.75) is 16.3 Å². The number of halogens is 2. The summed E-state index contributed by atoms with van der Waals surface area (Å²) < 4.78 is 82.0. The topological polar surface area (TPSA) is 92.6 Å². The molecule has 1 aliphatic rings. The molecule has 0 bridgehead atoms. The van der Waals surface area contributed by atoms with Crippen LogP contribution >= 0.6 is 0 Å². The highest BCUT2D eigenvalue weighted by Gasteiger charge is 2.35. The van der Waals surface area contributed by atoms with Crippen molar-refractivity contribution in [2.24, 2.45) is 7.05 Å². The number of aryl methyl sites for hydroxylation is 1. The zero-order chi connectivity index (χ0) is 19.8. The third-order valence-corrected chi connectivity index (χ3v) is 7.95. The van der Waals surface area contributed by atoms with Crippen LogP contribution in [0.25, 0.3) is 0 Å². The molecular weight excluding hydrogens is 402 g/mol. The molecule has 0 aliphatic carbocycles. The summed E-state index contributed by atoms with van der Waals surface area (Å²) in [7, 11) is -6.69. The number of imidazole rings is 1. The molecular formula is C15H18F2N4O4S2. The fourth-order valence-electron chi connectivity index (χ4n) is 2.86. The summed E-state index contributed by atoms with van der Waals surface area (Å²) in [5, 5.41) is -0.138. The molecule has 1 saturated heterocycles. The molecule has 1 aromatic heterocycles. The van der Waals surface area contributed by atoms with E-state index >= 15 is 0 Å². The smallest absolute Gasteiger partial charge is 0.262 e. The molecule has 12 heteroatoms. The Morgan fingerprint density at radius 3 is 2.00 bits per heavy atom. The number of aromatic nitrogens is 2. The Hall–Kier alpha value is -1.89. The second-order valence-corrected chi connectivity index (χ2v) is 9.85. The van der Waals surface area contributed by atoms with E-state index in [-0.39, 0.29) is 37.6 Å². The van der Waals surface area contributed by atoms with E-state index in [4.69, 9.17) is 0 Å². The molecule has 1 fully saturated rings. The van der Waals surface area contributed by atoms with Crippen molar-refractivity contribution in [3.63, 3.8) is 0 Å². The van der Waals surface area contributed by atoms with Crippen LogP contribution in [0.2, 0.25) is 0 Å². The van der Waals surface area contributed by atoms with Crippen LogP contribution in [-0.2, 0) is 27.1 Å². The van der Waals surface area contributed by atoms with E-state index in [0.29, 0.717) is 0 Å². The first-order valence-corrected chi connectivity index (χ1v) is 10.9. The Bertz CT molecular complexity index is 1030. The largest absolute Gasteiger partial charge is 0.339 e. The minimum Gasteiger partial charge on any atom is -0.339 e. The Balaban J connectivity index is 1.85. The van der Waals surface area contributed by atoms with Crippen LogP contribution in [0, 0.1) is 11.6 Å². The van der Waals surface area contributed by atoms with E-state index in [1.165, 1.54) is 17.1 Å². The molecule has 27 heavy (non-hydrogen) atoms. The lowest BCUT2D eigenvalue weighted by molar-refractivity contribution is 0.398. The van der Waals surface area contributed by atoms with E-state index in [0.717, 1.165) is 26.8 Å². The van der Waals surface area contributed by atoms with Gasteiger partial charge in [-0.1, -0.05) is 6.07 Å². The SMILES string of the molecule is Cn1cnc(S(=O)(=O)N2CCCN(S(=O)(=O)c3c(F)cccc3F)CC2)c1. The van der Waals surface area contributed by atoms with Gasteiger partial charge in [0.1, 0.15) is 11.6 Å². The minimum absolute atomic E-state index is 0.0512. The van der Waals surface area contributed by atoms with Gasteiger partial charge in [0.25, 0.3) is 10.0 Å². The van der Waals surface area contributed by atoms with E-state index in [1.54, 1.807) is 7.05 Å². The monoisotopic (exact) mass is 420 g/mol. The third kappa shape index (κ3) is 3.74. The van der Waals surface area contributed by atoms with Crippen molar-refractivity contribution in [3.8, 4) is 0 Å². The second-order valence-electron chi connectivity index (χ2n) is 6.09. The van der Waals surface area contributed by atoms with Gasteiger partial charge in [-0.2, -0.15) is 8.61 Å². The van der Waals surface area contributed by atoms with E-state index in [2.05, 4.69) is 4.98 Å². The average molecular weight is 420 g/mol. The molecule has 148 valence electrons. The van der Waals surface area contributed by atoms with Gasteiger partial charge in [-0.05, 0) is 18.6 Å². The van der Waals surface area contributed by atoms with E-state index < -0.39 is 36.6 Å². The summed E-state index contributed by atoms with van der Waals surface area (Å²) >= 11 is 0. The summed E-state index contributed by atoms with van der Waals surface area (Å²) in [5.41, 5.74) is 0. The Kier molecular flexibility index (Phi) is 5.34. The fraction of sp³-hybridized carbons (Fsp3) is 0.400. The molecule has 1 aromatic carbocycles. The predicted molar refractivity (Wildman–Crippen MR) is 91.7 cm³/mol. The van der Waals surface area contributed by atoms with Crippen LogP contribution in [0.3, 0.4) is 0 Å². The second kappa shape index (κ2) is 7.26. The Morgan fingerprint density at radius 1 is 0.926 bits per heavy atom. The summed E-state index contributed by atoms with van der Waals surface area (Å²) in [6.45, 7) is -0.342. The highest BCUT2D eigenvalue weighted by Crippen LogP contribution is 2.24. The van der Waals surface area contributed by atoms with Gasteiger partial charge in [0.15, 0.2) is 9.92 Å². The Labute approximate surface area is 156 Å². The molecule has 3 rings (SSSR count). The van der Waals surface area contributed by atoms with Crippen LogP contribution in [0.15, 0.2) is 40.6 Å². The quantitative estimate of drug-likeness (QED) is 0.729. The first-order valence-electron chi connectivity index (χ1n) is 8.06. The van der Waals surface area contributed by atoms with Crippen molar-refractivity contribution in [1.29, 1.82) is 0 Å². The molecule has 0 unspecified atom stereocenters. The minimum atomic E-state index is -4.43. The van der Waals surface area contributed by atoms with Gasteiger partial charge in [0.2, 0.25) is 10.0 Å². The maximum Gasteiger partial charge on any atom is 0.262 e. The molecule has 2 aromatic rings. The fourth-order valence-corrected chi connectivity index (χ4v) is 5.88. The van der Waals surface area contributed by atoms with E-state index in [1.807, 2.05) is 0 Å². The number of rotatable bonds is 4. The lowest BCUT2D eigenvalue weighted by Crippen LogP contribution is -2.38. The number of hydrogen-bond acceptors (Lipinski definition) is 5. The molecule has 0 saturated carbocycles. The molecule has 0 amide bonds. The molecule has 0 atom stereocenters. The zero-order valence-corrected chi connectivity index (χ0v) is 16.0. The number of sulfonamides is 2. The standard InChI is InChI=1S/C15H18F2N4O4S2/c1-19-10-14(18-11-19)26(22,23)20-6-3-7-21(9-8-20)27(24,25)15-12(16)4-2-5-13(15)17/h2,4-5,10-11H,3,6-9H2,1H3. The maximum absolute atomic E-state index is 13.9. The van der Waals surface area contributed by atoms with Crippen molar-refractivity contribution < 1.29 is 25.6 Å². The van der Waals surface area contributed by atoms with Crippen LogP contribution in [0.1, 0.15) is 6.42 Å². The molecule has 8 nitrogen and oxygen atoms in total. The van der Waals surface area contributed by atoms with Gasteiger partial charge < -0.3 is 4.57 Å². The van der Waals surface area contributed by atoms with Gasteiger partial charge in [-0.3, -0.25) is 0 Å². The highest BCUT2D eigenvalue weighted by molar-refractivity contribution is 7.89. The molecule has 0 N–H and O–H groups in total. The lowest BCUT2D eigenvalue weighted by Gasteiger charge is -2.21. The van der Waals surface area contributed by atoms with Crippen molar-refractivity contribution >= 4 is 20.0 Å². The van der Waals surface area contributed by atoms with Crippen molar-refractivity contribution in [1.82, 2.24) is 18.2 Å². The van der Waals surface area contributed by atoms with Gasteiger partial charge in [0.05, 0.1) is 6.33 Å². The van der Waals surface area contributed by atoms with Crippen LogP contribution in [0.5, 0.6) is 0 Å². The van der Waals surface area contributed by atoms with Crippen LogP contribution < -0.4 is 0 Å². The van der Waals surface area contributed by atoms with Crippen molar-refractivity contribution in [3.05, 3.63) is 42.4 Å². The van der Waals surface area contributed by atoms with Crippen LogP contribution in [-0.4, -0.2) is 61.2 Å². The van der Waals surface area contributed by atoms with Crippen molar-refractivity contribution in [2.75, 3.05) is 26.2 Å². The number of hydrogen-bond donors (Lipinski definition) is 0. The molecule has 1 aliphatic heterocycles. The predicted octanol–water partition coefficient (Wildman–Crippen LogP) is 0.784. The van der Waals surface area contributed by atoms with Gasteiger partial charge >= 0.3 is 0 Å². The average Bonchev–Trinajstić information content (AvgIpc) is 2.87. The normalized spacial score (nSPS) is 17.7. The van der Waals surface area contributed by atoms with E-state index in [9.17, 15) is 25.6 Å². The summed E-state index contributed by atoms with van der Waals surface area (Å²) in [5.74, 6) is -2.37. The number of benzene rings is 1. The van der Waals surface area contributed by atoms with Crippen LogP contribution in [0.4, 0.5) is 8.78 Å².